The Morgan fingerprint density at radius 2 is 2.00 bits per heavy atom. The van der Waals surface area contributed by atoms with Crippen LogP contribution >= 0.6 is 0 Å². The van der Waals surface area contributed by atoms with E-state index in [1.165, 1.54) is 0 Å². The SMILES string of the molecule is CO[C@@H]1C[C@H](O)[C@H]2O[C@@H](c3ccccc3)OC[C@@H]2O1. The molecular weight excluding hydrogens is 248 g/mol. The van der Waals surface area contributed by atoms with E-state index in [1.807, 2.05) is 30.3 Å². The van der Waals surface area contributed by atoms with Gasteiger partial charge in [-0.05, 0) is 0 Å². The minimum atomic E-state index is -0.598. The lowest BCUT2D eigenvalue weighted by Gasteiger charge is -2.43. The molecule has 3 rings (SSSR count). The molecule has 2 aliphatic heterocycles. The second-order valence-electron chi connectivity index (χ2n) is 4.82. The molecule has 2 saturated heterocycles. The minimum absolute atomic E-state index is 0.284. The second-order valence-corrected chi connectivity index (χ2v) is 4.82. The van der Waals surface area contributed by atoms with E-state index in [1.54, 1.807) is 7.11 Å². The van der Waals surface area contributed by atoms with Crippen LogP contribution in [0, 0.1) is 0 Å². The summed E-state index contributed by atoms with van der Waals surface area (Å²) in [7, 11) is 1.56. The van der Waals surface area contributed by atoms with Gasteiger partial charge in [0.15, 0.2) is 12.6 Å². The molecule has 104 valence electrons. The summed E-state index contributed by atoms with van der Waals surface area (Å²) in [6.07, 6.45) is -1.67. The predicted molar refractivity (Wildman–Crippen MR) is 66.3 cm³/mol. The number of methoxy groups -OCH3 is 1. The molecule has 1 N–H and O–H groups in total. The van der Waals surface area contributed by atoms with Crippen molar-refractivity contribution in [1.82, 2.24) is 0 Å². The fraction of sp³-hybridized carbons (Fsp3) is 0.571. The van der Waals surface area contributed by atoms with Gasteiger partial charge in [0.25, 0.3) is 0 Å². The zero-order valence-corrected chi connectivity index (χ0v) is 10.8. The molecule has 0 unspecified atom stereocenters. The summed E-state index contributed by atoms with van der Waals surface area (Å²) in [6, 6.07) is 9.70. The lowest BCUT2D eigenvalue weighted by molar-refractivity contribution is -0.334. The van der Waals surface area contributed by atoms with Gasteiger partial charge in [-0.2, -0.15) is 0 Å². The predicted octanol–water partition coefficient (Wildman–Crippen LogP) is 1.22. The fourth-order valence-electron chi connectivity index (χ4n) is 2.52. The number of rotatable bonds is 2. The van der Waals surface area contributed by atoms with Gasteiger partial charge in [0.05, 0.1) is 12.7 Å². The van der Waals surface area contributed by atoms with Gasteiger partial charge in [-0.25, -0.2) is 0 Å². The van der Waals surface area contributed by atoms with E-state index < -0.39 is 18.7 Å². The number of aliphatic hydroxyl groups is 1. The quantitative estimate of drug-likeness (QED) is 0.872. The number of hydrogen-bond donors (Lipinski definition) is 1. The molecule has 2 heterocycles. The first-order valence-corrected chi connectivity index (χ1v) is 6.46. The number of benzene rings is 1. The highest BCUT2D eigenvalue weighted by Crippen LogP contribution is 2.33. The Bertz CT molecular complexity index is 410. The summed E-state index contributed by atoms with van der Waals surface area (Å²) in [5.41, 5.74) is 0.946. The van der Waals surface area contributed by atoms with Crippen LogP contribution in [0.4, 0.5) is 0 Å². The summed E-state index contributed by atoms with van der Waals surface area (Å²) < 4.78 is 22.3. The van der Waals surface area contributed by atoms with Crippen molar-refractivity contribution in [2.24, 2.45) is 0 Å². The molecule has 1 aromatic carbocycles. The number of ether oxygens (including phenoxy) is 4. The van der Waals surface area contributed by atoms with Crippen LogP contribution in [0.2, 0.25) is 0 Å². The average molecular weight is 266 g/mol. The van der Waals surface area contributed by atoms with Crippen LogP contribution in [0.25, 0.3) is 0 Å². The Kier molecular flexibility index (Phi) is 3.81. The van der Waals surface area contributed by atoms with E-state index in [-0.39, 0.29) is 12.2 Å². The first-order chi connectivity index (χ1) is 9.28. The van der Waals surface area contributed by atoms with Crippen molar-refractivity contribution in [2.75, 3.05) is 13.7 Å². The van der Waals surface area contributed by atoms with Crippen molar-refractivity contribution < 1.29 is 24.1 Å². The van der Waals surface area contributed by atoms with E-state index >= 15 is 0 Å². The number of aliphatic hydroxyl groups excluding tert-OH is 1. The van der Waals surface area contributed by atoms with Crippen molar-refractivity contribution >= 4 is 0 Å². The summed E-state index contributed by atoms with van der Waals surface area (Å²) in [4.78, 5) is 0. The standard InChI is InChI=1S/C14H18O5/c1-16-12-7-10(15)13-11(18-12)8-17-14(19-13)9-5-3-2-4-6-9/h2-6,10-15H,7-8H2,1H3/t10-,11-,12-,13+,14-/m0/s1. The Morgan fingerprint density at radius 3 is 2.74 bits per heavy atom. The van der Waals surface area contributed by atoms with Crippen molar-refractivity contribution in [1.29, 1.82) is 0 Å². The highest BCUT2D eigenvalue weighted by molar-refractivity contribution is 5.16. The van der Waals surface area contributed by atoms with Crippen LogP contribution < -0.4 is 0 Å². The van der Waals surface area contributed by atoms with E-state index in [9.17, 15) is 5.11 Å². The molecule has 2 fully saturated rings. The number of fused-ring (bicyclic) bond motifs is 1. The Balaban J connectivity index is 1.70. The second kappa shape index (κ2) is 5.56. The first kappa shape index (κ1) is 13.0. The third kappa shape index (κ3) is 2.66. The molecule has 0 bridgehead atoms. The van der Waals surface area contributed by atoms with Crippen molar-refractivity contribution in [3.8, 4) is 0 Å². The van der Waals surface area contributed by atoms with Gasteiger partial charge in [-0.3, -0.25) is 0 Å². The molecule has 0 aromatic heterocycles. The molecular formula is C14H18O5. The lowest BCUT2D eigenvalue weighted by atomic mass is 10.0. The molecule has 0 radical (unpaired) electrons. The zero-order valence-electron chi connectivity index (χ0n) is 10.8. The van der Waals surface area contributed by atoms with Gasteiger partial charge in [-0.1, -0.05) is 30.3 Å². The maximum atomic E-state index is 10.1. The molecule has 2 aliphatic rings. The topological polar surface area (TPSA) is 57.2 Å². The van der Waals surface area contributed by atoms with E-state index in [4.69, 9.17) is 18.9 Å². The van der Waals surface area contributed by atoms with Crippen LogP contribution in [0.1, 0.15) is 18.3 Å². The van der Waals surface area contributed by atoms with Gasteiger partial charge >= 0.3 is 0 Å². The van der Waals surface area contributed by atoms with E-state index in [0.717, 1.165) is 5.56 Å². The Labute approximate surface area is 112 Å². The van der Waals surface area contributed by atoms with E-state index in [2.05, 4.69) is 0 Å². The van der Waals surface area contributed by atoms with Crippen molar-refractivity contribution in [3.05, 3.63) is 35.9 Å². The maximum absolute atomic E-state index is 10.1. The molecule has 5 nitrogen and oxygen atoms in total. The third-order valence-corrected chi connectivity index (χ3v) is 3.53. The molecule has 0 saturated carbocycles. The smallest absolute Gasteiger partial charge is 0.184 e. The molecule has 0 aliphatic carbocycles. The van der Waals surface area contributed by atoms with Gasteiger partial charge in [0.2, 0.25) is 0 Å². The van der Waals surface area contributed by atoms with Crippen LogP contribution in [0.5, 0.6) is 0 Å². The van der Waals surface area contributed by atoms with Crippen molar-refractivity contribution in [2.45, 2.75) is 37.3 Å². The monoisotopic (exact) mass is 266 g/mol. The average Bonchev–Trinajstić information content (AvgIpc) is 2.47. The van der Waals surface area contributed by atoms with Crippen LogP contribution in [-0.2, 0) is 18.9 Å². The highest BCUT2D eigenvalue weighted by atomic mass is 16.7. The van der Waals surface area contributed by atoms with Gasteiger partial charge < -0.3 is 24.1 Å². The molecule has 1 aromatic rings. The van der Waals surface area contributed by atoms with Gasteiger partial charge in [0.1, 0.15) is 12.2 Å². The highest BCUT2D eigenvalue weighted by Gasteiger charge is 2.43. The molecule has 5 atom stereocenters. The maximum Gasteiger partial charge on any atom is 0.184 e. The summed E-state index contributed by atoms with van der Waals surface area (Å²) in [5.74, 6) is 0. The van der Waals surface area contributed by atoms with Crippen LogP contribution in [0.15, 0.2) is 30.3 Å². The summed E-state index contributed by atoms with van der Waals surface area (Å²) in [5, 5.41) is 10.1. The Hall–Kier alpha value is -0.980. The first-order valence-electron chi connectivity index (χ1n) is 6.46. The minimum Gasteiger partial charge on any atom is -0.390 e. The zero-order chi connectivity index (χ0) is 13.2. The molecule has 0 spiro atoms. The Morgan fingerprint density at radius 1 is 1.21 bits per heavy atom. The summed E-state index contributed by atoms with van der Waals surface area (Å²) in [6.45, 7) is 0.390. The van der Waals surface area contributed by atoms with Crippen LogP contribution in [0.3, 0.4) is 0 Å². The number of hydrogen-bond acceptors (Lipinski definition) is 5. The van der Waals surface area contributed by atoms with Crippen molar-refractivity contribution in [3.63, 3.8) is 0 Å². The largest absolute Gasteiger partial charge is 0.390 e. The van der Waals surface area contributed by atoms with E-state index in [0.29, 0.717) is 13.0 Å². The van der Waals surface area contributed by atoms with Crippen LogP contribution in [-0.4, -0.2) is 43.4 Å². The molecule has 0 amide bonds. The molecule has 5 heteroatoms. The lowest BCUT2D eigenvalue weighted by Crippen LogP contribution is -2.55. The van der Waals surface area contributed by atoms with Gasteiger partial charge in [0, 0.05) is 19.1 Å². The normalized spacial score (nSPS) is 38.7. The molecule has 19 heavy (non-hydrogen) atoms. The van der Waals surface area contributed by atoms with Gasteiger partial charge in [-0.15, -0.1) is 0 Å². The fourth-order valence-corrected chi connectivity index (χ4v) is 2.52. The summed E-state index contributed by atoms with van der Waals surface area (Å²) >= 11 is 0. The third-order valence-electron chi connectivity index (χ3n) is 3.53.